The number of hydrogen-bond donors (Lipinski definition) is 3. The van der Waals surface area contributed by atoms with Gasteiger partial charge < -0.3 is 15.3 Å². The van der Waals surface area contributed by atoms with Crippen molar-refractivity contribution in [3.63, 3.8) is 0 Å². The lowest BCUT2D eigenvalue weighted by atomic mass is 9.94. The Morgan fingerprint density at radius 2 is 1.52 bits per heavy atom. The normalized spacial score (nSPS) is 10.6. The zero-order valence-electron chi connectivity index (χ0n) is 11.7. The first kappa shape index (κ1) is 14.5. The van der Waals surface area contributed by atoms with Crippen LogP contribution in [0.5, 0.6) is 5.75 Å². The third-order valence-corrected chi connectivity index (χ3v) is 3.46. The molecule has 0 unspecified atom stereocenters. The van der Waals surface area contributed by atoms with Crippen molar-refractivity contribution in [2.75, 3.05) is 0 Å². The molecule has 1 aromatic heterocycles. The number of hydrogen-bond acceptors (Lipinski definition) is 4. The molecule has 23 heavy (non-hydrogen) atoms. The van der Waals surface area contributed by atoms with Gasteiger partial charge >= 0.3 is 11.9 Å². The molecule has 0 aliphatic carbocycles. The van der Waals surface area contributed by atoms with Crippen LogP contribution in [-0.2, 0) is 0 Å². The second-order valence-corrected chi connectivity index (χ2v) is 4.88. The molecule has 0 saturated carbocycles. The summed E-state index contributed by atoms with van der Waals surface area (Å²) in [5, 5.41) is 28.8. The highest BCUT2D eigenvalue weighted by Crippen LogP contribution is 2.33. The van der Waals surface area contributed by atoms with Crippen molar-refractivity contribution in [2.24, 2.45) is 0 Å². The number of pyridine rings is 1. The summed E-state index contributed by atoms with van der Waals surface area (Å²) in [4.78, 5) is 27.4. The second-order valence-electron chi connectivity index (χ2n) is 4.88. The van der Waals surface area contributed by atoms with Gasteiger partial charge in [-0.1, -0.05) is 30.3 Å². The summed E-state index contributed by atoms with van der Waals surface area (Å²) in [6.45, 7) is 0. The van der Waals surface area contributed by atoms with Crippen molar-refractivity contribution in [2.45, 2.75) is 0 Å². The van der Waals surface area contributed by atoms with E-state index in [-0.39, 0.29) is 22.6 Å². The largest absolute Gasteiger partial charge is 0.508 e. The smallest absolute Gasteiger partial charge is 0.355 e. The average Bonchev–Trinajstić information content (AvgIpc) is 2.53. The third kappa shape index (κ3) is 2.46. The average molecular weight is 309 g/mol. The van der Waals surface area contributed by atoms with Crippen molar-refractivity contribution >= 4 is 22.8 Å². The first-order chi connectivity index (χ1) is 11.0. The Kier molecular flexibility index (Phi) is 3.42. The van der Waals surface area contributed by atoms with Gasteiger partial charge in [0.2, 0.25) is 0 Å². The van der Waals surface area contributed by atoms with Crippen LogP contribution >= 0.6 is 0 Å². The lowest BCUT2D eigenvalue weighted by Gasteiger charge is -2.13. The minimum absolute atomic E-state index is 0.00347. The summed E-state index contributed by atoms with van der Waals surface area (Å²) in [6.07, 6.45) is 0. The van der Waals surface area contributed by atoms with E-state index in [2.05, 4.69) is 4.98 Å². The molecular weight excluding hydrogens is 298 g/mol. The van der Waals surface area contributed by atoms with Gasteiger partial charge in [0.25, 0.3) is 0 Å². The number of phenols is 1. The molecule has 114 valence electrons. The number of nitrogens with zero attached hydrogens (tertiary/aromatic N) is 1. The molecule has 1 heterocycles. The van der Waals surface area contributed by atoms with Crippen molar-refractivity contribution in [3.05, 3.63) is 59.8 Å². The van der Waals surface area contributed by atoms with Gasteiger partial charge in [-0.3, -0.25) is 0 Å². The molecule has 6 heteroatoms. The number of benzene rings is 2. The maximum absolute atomic E-state index is 11.8. The SMILES string of the molecule is O=C(O)c1nc2ccccc2c(C(=O)O)c1-c1ccc(O)cc1. The Balaban J connectivity index is 2.48. The zero-order chi connectivity index (χ0) is 16.6. The van der Waals surface area contributed by atoms with E-state index in [0.29, 0.717) is 16.5 Å². The molecule has 0 fully saturated rings. The van der Waals surface area contributed by atoms with E-state index in [1.807, 2.05) is 0 Å². The predicted molar refractivity (Wildman–Crippen MR) is 82.8 cm³/mol. The number of fused-ring (bicyclic) bond motifs is 1. The molecule has 0 radical (unpaired) electrons. The van der Waals surface area contributed by atoms with Crippen LogP contribution in [0.25, 0.3) is 22.0 Å². The van der Waals surface area contributed by atoms with Gasteiger partial charge in [-0.25, -0.2) is 14.6 Å². The molecule has 0 atom stereocenters. The summed E-state index contributed by atoms with van der Waals surface area (Å²) < 4.78 is 0. The maximum atomic E-state index is 11.8. The predicted octanol–water partition coefficient (Wildman–Crippen LogP) is 3.00. The van der Waals surface area contributed by atoms with Crippen LogP contribution in [0.2, 0.25) is 0 Å². The highest BCUT2D eigenvalue weighted by molar-refractivity contribution is 6.12. The van der Waals surface area contributed by atoms with E-state index < -0.39 is 11.9 Å². The van der Waals surface area contributed by atoms with E-state index >= 15 is 0 Å². The van der Waals surface area contributed by atoms with Gasteiger partial charge in [0.1, 0.15) is 5.75 Å². The van der Waals surface area contributed by atoms with Gasteiger partial charge in [-0.15, -0.1) is 0 Å². The van der Waals surface area contributed by atoms with Gasteiger partial charge in [-0.05, 0) is 23.8 Å². The molecule has 3 aromatic rings. The summed E-state index contributed by atoms with van der Waals surface area (Å²) in [5.74, 6) is -2.56. The number of phenolic OH excluding ortho intramolecular Hbond substituents is 1. The van der Waals surface area contributed by atoms with E-state index in [9.17, 15) is 24.9 Å². The summed E-state index contributed by atoms with van der Waals surface area (Å²) >= 11 is 0. The van der Waals surface area contributed by atoms with Crippen LogP contribution in [0.15, 0.2) is 48.5 Å². The van der Waals surface area contributed by atoms with Crippen LogP contribution in [-0.4, -0.2) is 32.2 Å². The Labute approximate surface area is 130 Å². The zero-order valence-corrected chi connectivity index (χ0v) is 11.7. The Hall–Kier alpha value is -3.41. The first-order valence-electron chi connectivity index (χ1n) is 6.67. The number of aromatic hydroxyl groups is 1. The number of rotatable bonds is 3. The molecule has 0 aliphatic heterocycles. The lowest BCUT2D eigenvalue weighted by molar-refractivity contribution is 0.0691. The molecule has 0 aliphatic rings. The highest BCUT2D eigenvalue weighted by atomic mass is 16.4. The number of carboxylic acids is 2. The van der Waals surface area contributed by atoms with Gasteiger partial charge in [-0.2, -0.15) is 0 Å². The number of carbonyl (C=O) groups is 2. The van der Waals surface area contributed by atoms with Crippen molar-refractivity contribution in [3.8, 4) is 16.9 Å². The summed E-state index contributed by atoms with van der Waals surface area (Å²) in [7, 11) is 0. The molecule has 3 rings (SSSR count). The number of carboxylic acid groups (broad SMARTS) is 2. The standard InChI is InChI=1S/C17H11NO5/c19-10-7-5-9(6-8-10)13-14(16(20)21)11-3-1-2-4-12(11)18-15(13)17(22)23/h1-8,19H,(H,20,21)(H,22,23). The van der Waals surface area contributed by atoms with Crippen molar-refractivity contribution in [1.82, 2.24) is 4.98 Å². The fourth-order valence-corrected chi connectivity index (χ4v) is 2.50. The lowest BCUT2D eigenvalue weighted by Crippen LogP contribution is -2.10. The van der Waals surface area contributed by atoms with E-state index in [1.165, 1.54) is 24.3 Å². The van der Waals surface area contributed by atoms with E-state index in [0.717, 1.165) is 0 Å². The fraction of sp³-hybridized carbons (Fsp3) is 0. The number of aromatic nitrogens is 1. The maximum Gasteiger partial charge on any atom is 0.355 e. The second kappa shape index (κ2) is 5.42. The quantitative estimate of drug-likeness (QED) is 0.686. The monoisotopic (exact) mass is 309 g/mol. The van der Waals surface area contributed by atoms with Gasteiger partial charge in [0.05, 0.1) is 11.1 Å². The molecule has 2 aromatic carbocycles. The molecular formula is C17H11NO5. The number of aromatic carboxylic acids is 2. The van der Waals surface area contributed by atoms with Crippen LogP contribution in [0.4, 0.5) is 0 Å². The topological polar surface area (TPSA) is 108 Å². The molecule has 0 saturated heterocycles. The van der Waals surface area contributed by atoms with E-state index in [4.69, 9.17) is 0 Å². The first-order valence-corrected chi connectivity index (χ1v) is 6.67. The van der Waals surface area contributed by atoms with Crippen LogP contribution in [0.3, 0.4) is 0 Å². The van der Waals surface area contributed by atoms with Crippen molar-refractivity contribution in [1.29, 1.82) is 0 Å². The fourth-order valence-electron chi connectivity index (χ4n) is 2.50. The minimum atomic E-state index is -1.32. The summed E-state index contributed by atoms with van der Waals surface area (Å²) in [5.41, 5.74) is 0.204. The molecule has 0 amide bonds. The van der Waals surface area contributed by atoms with Crippen LogP contribution in [0, 0.1) is 0 Å². The van der Waals surface area contributed by atoms with Crippen molar-refractivity contribution < 1.29 is 24.9 Å². The van der Waals surface area contributed by atoms with Gasteiger partial charge in [0.15, 0.2) is 5.69 Å². The Bertz CT molecular complexity index is 932. The third-order valence-electron chi connectivity index (χ3n) is 3.46. The molecule has 3 N–H and O–H groups in total. The number of para-hydroxylation sites is 1. The summed E-state index contributed by atoms with van der Waals surface area (Å²) in [6, 6.07) is 12.1. The molecule has 6 nitrogen and oxygen atoms in total. The van der Waals surface area contributed by atoms with Gasteiger partial charge in [0, 0.05) is 10.9 Å². The minimum Gasteiger partial charge on any atom is -0.508 e. The molecule has 0 spiro atoms. The van der Waals surface area contributed by atoms with Crippen LogP contribution in [0.1, 0.15) is 20.8 Å². The van der Waals surface area contributed by atoms with E-state index in [1.54, 1.807) is 24.3 Å². The van der Waals surface area contributed by atoms with Crippen LogP contribution < -0.4 is 0 Å². The Morgan fingerprint density at radius 1 is 0.870 bits per heavy atom. The Morgan fingerprint density at radius 3 is 2.13 bits per heavy atom. The highest BCUT2D eigenvalue weighted by Gasteiger charge is 2.24. The molecule has 0 bridgehead atoms.